The Kier molecular flexibility index (Phi) is 3.35. The van der Waals surface area contributed by atoms with Crippen LogP contribution in [0.4, 0.5) is 0 Å². The number of methoxy groups -OCH3 is 1. The molecule has 3 aromatic carbocycles. The fourth-order valence-corrected chi connectivity index (χ4v) is 2.42. The number of fused-ring (bicyclic) bond motifs is 2. The Labute approximate surface area is 116 Å². The van der Waals surface area contributed by atoms with Crippen LogP contribution in [-0.4, -0.2) is 19.9 Å². The zero-order valence-electron chi connectivity index (χ0n) is 11.1. The molecule has 0 aliphatic rings. The van der Waals surface area contributed by atoms with Crippen molar-refractivity contribution in [3.05, 3.63) is 60.2 Å². The van der Waals surface area contributed by atoms with E-state index in [2.05, 4.69) is 6.07 Å². The summed E-state index contributed by atoms with van der Waals surface area (Å²) in [6.45, 7) is -0.0453. The van der Waals surface area contributed by atoms with Gasteiger partial charge in [-0.25, -0.2) is 4.79 Å². The largest absolute Gasteiger partial charge is 0.435 e. The molecule has 3 heteroatoms. The first-order chi connectivity index (χ1) is 9.81. The van der Waals surface area contributed by atoms with Crippen molar-refractivity contribution < 1.29 is 14.3 Å². The highest BCUT2D eigenvalue weighted by Crippen LogP contribution is 2.28. The Bertz CT molecular complexity index is 723. The van der Waals surface area contributed by atoms with Crippen LogP contribution in [0.2, 0.25) is 0 Å². The molecule has 0 aliphatic carbocycles. The molecule has 20 heavy (non-hydrogen) atoms. The second-order valence-corrected chi connectivity index (χ2v) is 4.53. The van der Waals surface area contributed by atoms with Crippen molar-refractivity contribution in [2.45, 2.75) is 0 Å². The smallest absolute Gasteiger partial charge is 0.341 e. The van der Waals surface area contributed by atoms with Gasteiger partial charge >= 0.3 is 5.97 Å². The molecule has 0 atom stereocenters. The minimum Gasteiger partial charge on any atom is -0.435 e. The van der Waals surface area contributed by atoms with Crippen molar-refractivity contribution in [2.75, 3.05) is 13.9 Å². The second kappa shape index (κ2) is 5.31. The zero-order chi connectivity index (χ0) is 13.9. The molecule has 0 bridgehead atoms. The third-order valence-electron chi connectivity index (χ3n) is 3.28. The number of benzene rings is 3. The highest BCUT2D eigenvalue weighted by atomic mass is 16.7. The summed E-state index contributed by atoms with van der Waals surface area (Å²) in [7, 11) is 1.49. The van der Waals surface area contributed by atoms with Crippen LogP contribution in [0.15, 0.2) is 54.6 Å². The molecule has 0 unspecified atom stereocenters. The van der Waals surface area contributed by atoms with E-state index in [1.807, 2.05) is 48.5 Å². The molecule has 0 saturated carbocycles. The molecule has 0 spiro atoms. The number of hydrogen-bond acceptors (Lipinski definition) is 3. The molecule has 0 N–H and O–H groups in total. The van der Waals surface area contributed by atoms with E-state index in [0.29, 0.717) is 5.56 Å². The average molecular weight is 266 g/mol. The van der Waals surface area contributed by atoms with Gasteiger partial charge in [0.15, 0.2) is 6.79 Å². The van der Waals surface area contributed by atoms with Crippen molar-refractivity contribution in [3.63, 3.8) is 0 Å². The maximum absolute atomic E-state index is 12.3. The molecule has 100 valence electrons. The molecule has 0 aromatic heterocycles. The molecular formula is C17H14O3. The lowest BCUT2D eigenvalue weighted by atomic mass is 9.97. The topological polar surface area (TPSA) is 35.5 Å². The number of hydrogen-bond donors (Lipinski definition) is 0. The van der Waals surface area contributed by atoms with Crippen LogP contribution in [0.1, 0.15) is 10.4 Å². The quantitative estimate of drug-likeness (QED) is 0.411. The lowest BCUT2D eigenvalue weighted by molar-refractivity contribution is -0.0121. The third-order valence-corrected chi connectivity index (χ3v) is 3.28. The Morgan fingerprint density at radius 1 is 0.950 bits per heavy atom. The standard InChI is InChI=1S/C17H14O3/c1-19-11-20-17(18)16-14-8-4-2-6-12(14)10-13-7-3-5-9-15(13)16/h2-10H,11H2,1H3. The average Bonchev–Trinajstić information content (AvgIpc) is 2.50. The molecule has 3 aromatic rings. The molecule has 0 radical (unpaired) electrons. The van der Waals surface area contributed by atoms with Crippen molar-refractivity contribution in [1.82, 2.24) is 0 Å². The van der Waals surface area contributed by atoms with E-state index in [1.165, 1.54) is 7.11 Å². The van der Waals surface area contributed by atoms with Gasteiger partial charge in [0.05, 0.1) is 5.56 Å². The van der Waals surface area contributed by atoms with Crippen LogP contribution >= 0.6 is 0 Å². The highest BCUT2D eigenvalue weighted by molar-refractivity contribution is 6.16. The van der Waals surface area contributed by atoms with Crippen LogP contribution in [0.5, 0.6) is 0 Å². The first kappa shape index (κ1) is 12.6. The lowest BCUT2D eigenvalue weighted by Gasteiger charge is -2.10. The SMILES string of the molecule is COCOC(=O)c1c2ccccc2cc2ccccc12. The van der Waals surface area contributed by atoms with Crippen LogP contribution in [0.25, 0.3) is 21.5 Å². The van der Waals surface area contributed by atoms with E-state index >= 15 is 0 Å². The number of esters is 1. The molecule has 0 heterocycles. The number of carbonyl (C=O) groups excluding carboxylic acids is 1. The summed E-state index contributed by atoms with van der Waals surface area (Å²) in [6, 6.07) is 17.7. The van der Waals surface area contributed by atoms with E-state index in [9.17, 15) is 4.79 Å². The van der Waals surface area contributed by atoms with Crippen LogP contribution in [0, 0.1) is 0 Å². The highest BCUT2D eigenvalue weighted by Gasteiger charge is 2.15. The van der Waals surface area contributed by atoms with E-state index in [4.69, 9.17) is 9.47 Å². The normalized spacial score (nSPS) is 10.8. The van der Waals surface area contributed by atoms with Gasteiger partial charge in [-0.1, -0.05) is 48.5 Å². The van der Waals surface area contributed by atoms with Crippen LogP contribution in [-0.2, 0) is 9.47 Å². The van der Waals surface area contributed by atoms with E-state index < -0.39 is 0 Å². The van der Waals surface area contributed by atoms with Gasteiger partial charge < -0.3 is 9.47 Å². The van der Waals surface area contributed by atoms with Gasteiger partial charge in [0.1, 0.15) is 0 Å². The van der Waals surface area contributed by atoms with E-state index in [-0.39, 0.29) is 12.8 Å². The fourth-order valence-electron chi connectivity index (χ4n) is 2.42. The number of ether oxygens (including phenoxy) is 2. The first-order valence-electron chi connectivity index (χ1n) is 6.38. The van der Waals surface area contributed by atoms with E-state index in [1.54, 1.807) is 0 Å². The minimum atomic E-state index is -0.361. The molecule has 0 amide bonds. The summed E-state index contributed by atoms with van der Waals surface area (Å²) in [6.07, 6.45) is 0. The summed E-state index contributed by atoms with van der Waals surface area (Å²) in [4.78, 5) is 12.3. The zero-order valence-corrected chi connectivity index (χ0v) is 11.1. The van der Waals surface area contributed by atoms with Gasteiger partial charge in [-0.05, 0) is 27.6 Å². The fraction of sp³-hybridized carbons (Fsp3) is 0.118. The third kappa shape index (κ3) is 2.12. The molecular weight excluding hydrogens is 252 g/mol. The van der Waals surface area contributed by atoms with Gasteiger partial charge in [-0.15, -0.1) is 0 Å². The van der Waals surface area contributed by atoms with Crippen LogP contribution in [0.3, 0.4) is 0 Å². The minimum absolute atomic E-state index is 0.0453. The van der Waals surface area contributed by atoms with Crippen molar-refractivity contribution in [2.24, 2.45) is 0 Å². The Balaban J connectivity index is 2.30. The van der Waals surface area contributed by atoms with Crippen LogP contribution < -0.4 is 0 Å². The summed E-state index contributed by atoms with van der Waals surface area (Å²) in [5, 5.41) is 3.84. The Hall–Kier alpha value is -2.39. The molecule has 0 aliphatic heterocycles. The van der Waals surface area contributed by atoms with Gasteiger partial charge in [0, 0.05) is 7.11 Å². The Morgan fingerprint density at radius 3 is 2.05 bits per heavy atom. The molecule has 0 fully saturated rings. The summed E-state index contributed by atoms with van der Waals surface area (Å²) in [5.74, 6) is -0.361. The first-order valence-corrected chi connectivity index (χ1v) is 6.38. The van der Waals surface area contributed by atoms with Crippen molar-refractivity contribution in [3.8, 4) is 0 Å². The maximum Gasteiger partial charge on any atom is 0.341 e. The lowest BCUT2D eigenvalue weighted by Crippen LogP contribution is -2.08. The molecule has 0 saturated heterocycles. The Morgan fingerprint density at radius 2 is 1.50 bits per heavy atom. The van der Waals surface area contributed by atoms with Gasteiger partial charge in [-0.2, -0.15) is 0 Å². The maximum atomic E-state index is 12.3. The summed E-state index contributed by atoms with van der Waals surface area (Å²) in [5.41, 5.74) is 0.593. The molecule has 3 rings (SSSR count). The van der Waals surface area contributed by atoms with Gasteiger partial charge in [0.25, 0.3) is 0 Å². The molecule has 3 nitrogen and oxygen atoms in total. The van der Waals surface area contributed by atoms with Gasteiger partial charge in [0.2, 0.25) is 0 Å². The van der Waals surface area contributed by atoms with E-state index in [0.717, 1.165) is 21.5 Å². The summed E-state index contributed by atoms with van der Waals surface area (Å²) >= 11 is 0. The monoisotopic (exact) mass is 266 g/mol. The van der Waals surface area contributed by atoms with Crippen molar-refractivity contribution >= 4 is 27.5 Å². The number of carbonyl (C=O) groups is 1. The van der Waals surface area contributed by atoms with Gasteiger partial charge in [-0.3, -0.25) is 0 Å². The van der Waals surface area contributed by atoms with Crippen molar-refractivity contribution in [1.29, 1.82) is 0 Å². The predicted molar refractivity (Wildman–Crippen MR) is 78.7 cm³/mol. The second-order valence-electron chi connectivity index (χ2n) is 4.53. The predicted octanol–water partition coefficient (Wildman–Crippen LogP) is 3.75. The summed E-state index contributed by atoms with van der Waals surface area (Å²) < 4.78 is 9.95. The number of rotatable bonds is 3.